The summed E-state index contributed by atoms with van der Waals surface area (Å²) in [4.78, 5) is 4.24. The van der Waals surface area contributed by atoms with Gasteiger partial charge in [-0.1, -0.05) is 12.8 Å². The molecule has 1 aliphatic rings. The van der Waals surface area contributed by atoms with Gasteiger partial charge in [-0.05, 0) is 45.2 Å². The summed E-state index contributed by atoms with van der Waals surface area (Å²) in [6, 6.07) is 0. The molecular weight excluding hydrogens is 198 g/mol. The van der Waals surface area contributed by atoms with Crippen molar-refractivity contribution in [3.63, 3.8) is 0 Å². The Labute approximate surface area is 98.3 Å². The second-order valence-corrected chi connectivity index (χ2v) is 4.86. The lowest BCUT2D eigenvalue weighted by Gasteiger charge is -2.22. The monoisotopic (exact) mass is 221 g/mol. The topological polar surface area (TPSA) is 29.9 Å². The third-order valence-corrected chi connectivity index (χ3v) is 3.64. The van der Waals surface area contributed by atoms with Crippen LogP contribution >= 0.6 is 0 Å². The van der Waals surface area contributed by atoms with E-state index < -0.39 is 0 Å². The number of hydrogen-bond donors (Lipinski definition) is 1. The Morgan fingerprint density at radius 3 is 2.88 bits per heavy atom. The van der Waals surface area contributed by atoms with Crippen LogP contribution in [-0.4, -0.2) is 22.6 Å². The lowest BCUT2D eigenvalue weighted by Crippen LogP contribution is -2.27. The molecule has 1 aromatic heterocycles. The Morgan fingerprint density at radius 2 is 2.19 bits per heavy atom. The second-order valence-electron chi connectivity index (χ2n) is 4.86. The minimum absolute atomic E-state index is 0.977. The van der Waals surface area contributed by atoms with Crippen LogP contribution in [0.2, 0.25) is 0 Å². The van der Waals surface area contributed by atoms with Crippen molar-refractivity contribution < 1.29 is 0 Å². The van der Waals surface area contributed by atoms with Crippen molar-refractivity contribution in [1.82, 2.24) is 14.9 Å². The predicted octanol–water partition coefficient (Wildman–Crippen LogP) is 2.36. The fourth-order valence-electron chi connectivity index (χ4n) is 2.53. The molecule has 2 heterocycles. The Kier molecular flexibility index (Phi) is 4.40. The van der Waals surface area contributed by atoms with E-state index in [9.17, 15) is 0 Å². The number of aromatic nitrogens is 2. The molecule has 0 aromatic carbocycles. The first-order valence-corrected chi connectivity index (χ1v) is 6.55. The average molecular weight is 221 g/mol. The van der Waals surface area contributed by atoms with Gasteiger partial charge in [-0.25, -0.2) is 4.98 Å². The molecule has 1 N–H and O–H groups in total. The molecule has 3 nitrogen and oxygen atoms in total. The van der Waals surface area contributed by atoms with E-state index >= 15 is 0 Å². The lowest BCUT2D eigenvalue weighted by molar-refractivity contribution is 0.341. The highest BCUT2D eigenvalue weighted by Crippen LogP contribution is 2.18. The first-order valence-electron chi connectivity index (χ1n) is 6.55. The molecule has 0 bridgehead atoms. The van der Waals surface area contributed by atoms with Gasteiger partial charge < -0.3 is 9.88 Å². The SMILES string of the molecule is Cc1nccn1CCCCC1CCNCC1. The fraction of sp³-hybridized carbons (Fsp3) is 0.769. The van der Waals surface area contributed by atoms with E-state index in [-0.39, 0.29) is 0 Å². The van der Waals surface area contributed by atoms with Crippen molar-refractivity contribution in [3.05, 3.63) is 18.2 Å². The van der Waals surface area contributed by atoms with Crippen molar-refractivity contribution in [1.29, 1.82) is 0 Å². The second kappa shape index (κ2) is 6.04. The third kappa shape index (κ3) is 3.34. The smallest absolute Gasteiger partial charge is 0.105 e. The molecule has 16 heavy (non-hydrogen) atoms. The summed E-state index contributed by atoms with van der Waals surface area (Å²) in [7, 11) is 0. The summed E-state index contributed by atoms with van der Waals surface area (Å²) in [5.41, 5.74) is 0. The van der Waals surface area contributed by atoms with Crippen molar-refractivity contribution in [2.75, 3.05) is 13.1 Å². The minimum Gasteiger partial charge on any atom is -0.335 e. The molecule has 90 valence electrons. The number of hydrogen-bond acceptors (Lipinski definition) is 2. The number of rotatable bonds is 5. The van der Waals surface area contributed by atoms with Crippen LogP contribution in [0.15, 0.2) is 12.4 Å². The maximum atomic E-state index is 4.24. The van der Waals surface area contributed by atoms with Gasteiger partial charge in [0.15, 0.2) is 0 Å². The summed E-state index contributed by atoms with van der Waals surface area (Å²) in [6.07, 6.45) is 10.8. The first-order chi connectivity index (χ1) is 7.86. The van der Waals surface area contributed by atoms with Gasteiger partial charge in [0.1, 0.15) is 5.82 Å². The maximum absolute atomic E-state index is 4.24. The number of imidazole rings is 1. The number of unbranched alkanes of at least 4 members (excludes halogenated alkanes) is 1. The molecule has 1 fully saturated rings. The molecule has 0 spiro atoms. The van der Waals surface area contributed by atoms with Crippen LogP contribution in [0.25, 0.3) is 0 Å². The minimum atomic E-state index is 0.977. The third-order valence-electron chi connectivity index (χ3n) is 3.64. The van der Waals surface area contributed by atoms with Gasteiger partial charge in [-0.3, -0.25) is 0 Å². The van der Waals surface area contributed by atoms with E-state index in [4.69, 9.17) is 0 Å². The van der Waals surface area contributed by atoms with E-state index in [1.54, 1.807) is 0 Å². The summed E-state index contributed by atoms with van der Waals surface area (Å²) >= 11 is 0. The van der Waals surface area contributed by atoms with E-state index in [0.29, 0.717) is 0 Å². The number of piperidine rings is 1. The molecule has 3 heteroatoms. The molecule has 1 saturated heterocycles. The van der Waals surface area contributed by atoms with Crippen molar-refractivity contribution in [2.24, 2.45) is 5.92 Å². The lowest BCUT2D eigenvalue weighted by atomic mass is 9.92. The highest BCUT2D eigenvalue weighted by atomic mass is 15.0. The fourth-order valence-corrected chi connectivity index (χ4v) is 2.53. The van der Waals surface area contributed by atoms with Gasteiger partial charge in [-0.2, -0.15) is 0 Å². The molecule has 0 saturated carbocycles. The molecule has 0 unspecified atom stereocenters. The normalized spacial score (nSPS) is 17.8. The highest BCUT2D eigenvalue weighted by Gasteiger charge is 2.11. The molecule has 0 atom stereocenters. The van der Waals surface area contributed by atoms with Crippen LogP contribution in [0.5, 0.6) is 0 Å². The first kappa shape index (κ1) is 11.6. The summed E-state index contributed by atoms with van der Waals surface area (Å²) < 4.78 is 2.25. The molecular formula is C13H23N3. The van der Waals surface area contributed by atoms with Crippen LogP contribution in [-0.2, 0) is 6.54 Å². The predicted molar refractivity (Wildman–Crippen MR) is 66.4 cm³/mol. The summed E-state index contributed by atoms with van der Waals surface area (Å²) in [5.74, 6) is 2.12. The molecule has 2 rings (SSSR count). The van der Waals surface area contributed by atoms with Crippen molar-refractivity contribution in [2.45, 2.75) is 45.6 Å². The molecule has 0 radical (unpaired) electrons. The molecule has 1 aromatic rings. The highest BCUT2D eigenvalue weighted by molar-refractivity contribution is 4.88. The quantitative estimate of drug-likeness (QED) is 0.774. The Bertz CT molecular complexity index is 300. The zero-order chi connectivity index (χ0) is 11.2. The Balaban J connectivity index is 1.59. The van der Waals surface area contributed by atoms with Gasteiger partial charge in [-0.15, -0.1) is 0 Å². The Hall–Kier alpha value is -0.830. The zero-order valence-corrected chi connectivity index (χ0v) is 10.3. The summed E-state index contributed by atoms with van der Waals surface area (Å²) in [5, 5.41) is 3.42. The van der Waals surface area contributed by atoms with Gasteiger partial charge in [0.05, 0.1) is 0 Å². The van der Waals surface area contributed by atoms with Crippen LogP contribution in [0.4, 0.5) is 0 Å². The van der Waals surface area contributed by atoms with Crippen LogP contribution in [0.3, 0.4) is 0 Å². The largest absolute Gasteiger partial charge is 0.335 e. The average Bonchev–Trinajstić information content (AvgIpc) is 2.72. The molecule has 0 amide bonds. The molecule has 1 aliphatic heterocycles. The maximum Gasteiger partial charge on any atom is 0.105 e. The van der Waals surface area contributed by atoms with E-state index in [1.165, 1.54) is 45.2 Å². The standard InChI is InChI=1S/C13H23N3/c1-12-15-9-11-16(12)10-3-2-4-13-5-7-14-8-6-13/h9,11,13-14H,2-8,10H2,1H3. The van der Waals surface area contributed by atoms with Gasteiger partial charge in [0, 0.05) is 18.9 Å². The van der Waals surface area contributed by atoms with E-state index in [1.807, 2.05) is 6.20 Å². The van der Waals surface area contributed by atoms with Gasteiger partial charge in [0.2, 0.25) is 0 Å². The van der Waals surface area contributed by atoms with E-state index in [0.717, 1.165) is 18.3 Å². The summed E-state index contributed by atoms with van der Waals surface area (Å²) in [6.45, 7) is 5.67. The number of nitrogens with one attached hydrogen (secondary N) is 1. The Morgan fingerprint density at radius 1 is 1.38 bits per heavy atom. The van der Waals surface area contributed by atoms with Crippen molar-refractivity contribution >= 4 is 0 Å². The van der Waals surface area contributed by atoms with Crippen LogP contribution < -0.4 is 5.32 Å². The van der Waals surface area contributed by atoms with E-state index in [2.05, 4.69) is 28.0 Å². The zero-order valence-electron chi connectivity index (χ0n) is 10.3. The van der Waals surface area contributed by atoms with Crippen LogP contribution in [0.1, 0.15) is 37.9 Å². The van der Waals surface area contributed by atoms with Gasteiger partial charge in [0.25, 0.3) is 0 Å². The van der Waals surface area contributed by atoms with Crippen LogP contribution in [0, 0.1) is 12.8 Å². The number of aryl methyl sites for hydroxylation is 2. The molecule has 0 aliphatic carbocycles. The van der Waals surface area contributed by atoms with Crippen molar-refractivity contribution in [3.8, 4) is 0 Å². The number of nitrogens with zero attached hydrogens (tertiary/aromatic N) is 2. The van der Waals surface area contributed by atoms with Gasteiger partial charge >= 0.3 is 0 Å².